The summed E-state index contributed by atoms with van der Waals surface area (Å²) in [6.07, 6.45) is -1.76. The average molecular weight is 352 g/mol. The maximum atomic E-state index is 12.6. The number of aromatic nitrogens is 3. The van der Waals surface area contributed by atoms with Crippen molar-refractivity contribution in [2.45, 2.75) is 6.18 Å². The number of nitrogens with zero attached hydrogens (tertiary/aromatic N) is 6. The lowest BCUT2D eigenvalue weighted by Gasteiger charge is -2.35. The van der Waals surface area contributed by atoms with Gasteiger partial charge in [-0.15, -0.1) is 0 Å². The number of halogens is 3. The van der Waals surface area contributed by atoms with Crippen molar-refractivity contribution in [3.05, 3.63) is 36.2 Å². The summed E-state index contributed by atoms with van der Waals surface area (Å²) >= 11 is 0. The van der Waals surface area contributed by atoms with Gasteiger partial charge in [-0.3, -0.25) is 0 Å². The first-order chi connectivity index (χ1) is 11.8. The van der Waals surface area contributed by atoms with Gasteiger partial charge in [-0.2, -0.15) is 18.2 Å². The molecule has 0 N–H and O–H groups in total. The first-order valence-electron chi connectivity index (χ1n) is 7.88. The monoisotopic (exact) mass is 352 g/mol. The van der Waals surface area contributed by atoms with Crippen LogP contribution in [0.5, 0.6) is 0 Å². The fourth-order valence-corrected chi connectivity index (χ4v) is 2.62. The highest BCUT2D eigenvalue weighted by atomic mass is 19.4. The van der Waals surface area contributed by atoms with E-state index in [4.69, 9.17) is 0 Å². The Balaban J connectivity index is 1.65. The Morgan fingerprint density at radius 2 is 1.64 bits per heavy atom. The summed E-state index contributed by atoms with van der Waals surface area (Å²) in [6.45, 7) is 2.65. The van der Waals surface area contributed by atoms with Crippen LogP contribution in [-0.2, 0) is 6.18 Å². The molecule has 9 heteroatoms. The highest BCUT2D eigenvalue weighted by molar-refractivity contribution is 5.46. The van der Waals surface area contributed by atoms with Crippen LogP contribution >= 0.6 is 0 Å². The van der Waals surface area contributed by atoms with Crippen molar-refractivity contribution in [1.82, 2.24) is 15.0 Å². The SMILES string of the molecule is CN(C)c1ccnc(N2CCN(c3ccc(C(F)(F)F)cn3)CC2)n1. The Hall–Kier alpha value is -2.58. The smallest absolute Gasteiger partial charge is 0.363 e. The fraction of sp³-hybridized carbons (Fsp3) is 0.438. The van der Waals surface area contributed by atoms with E-state index in [0.29, 0.717) is 37.9 Å². The minimum absolute atomic E-state index is 0.551. The highest BCUT2D eigenvalue weighted by Gasteiger charge is 2.31. The van der Waals surface area contributed by atoms with Gasteiger partial charge in [0.05, 0.1) is 5.56 Å². The van der Waals surface area contributed by atoms with Gasteiger partial charge in [0.15, 0.2) is 0 Å². The summed E-state index contributed by atoms with van der Waals surface area (Å²) < 4.78 is 37.8. The van der Waals surface area contributed by atoms with Crippen LogP contribution < -0.4 is 14.7 Å². The molecule has 1 fully saturated rings. The van der Waals surface area contributed by atoms with Gasteiger partial charge in [0.1, 0.15) is 11.6 Å². The molecule has 25 heavy (non-hydrogen) atoms. The van der Waals surface area contributed by atoms with Crippen LogP contribution in [0.25, 0.3) is 0 Å². The molecule has 0 unspecified atom stereocenters. The summed E-state index contributed by atoms with van der Waals surface area (Å²) in [6, 6.07) is 4.33. The van der Waals surface area contributed by atoms with Gasteiger partial charge in [-0.25, -0.2) is 9.97 Å². The van der Waals surface area contributed by atoms with Crippen molar-refractivity contribution in [2.24, 2.45) is 0 Å². The van der Waals surface area contributed by atoms with Crippen molar-refractivity contribution in [1.29, 1.82) is 0 Å². The molecule has 0 radical (unpaired) electrons. The van der Waals surface area contributed by atoms with E-state index in [1.165, 1.54) is 6.07 Å². The maximum Gasteiger partial charge on any atom is 0.417 e. The zero-order valence-electron chi connectivity index (χ0n) is 14.0. The van der Waals surface area contributed by atoms with Gasteiger partial charge in [0, 0.05) is 52.7 Å². The third-order valence-electron chi connectivity index (χ3n) is 4.05. The molecule has 0 bridgehead atoms. The number of hydrogen-bond acceptors (Lipinski definition) is 6. The standard InChI is InChI=1S/C16H19F3N6/c1-23(2)14-5-6-20-15(22-14)25-9-7-24(8-10-25)13-4-3-12(11-21-13)16(17,18)19/h3-6,11H,7-10H2,1-2H3. The van der Waals surface area contributed by atoms with Gasteiger partial charge >= 0.3 is 6.18 Å². The second kappa shape index (κ2) is 6.73. The second-order valence-electron chi connectivity index (χ2n) is 5.99. The molecule has 1 aliphatic heterocycles. The van der Waals surface area contributed by atoms with Gasteiger partial charge in [0.25, 0.3) is 0 Å². The third-order valence-corrected chi connectivity index (χ3v) is 4.05. The summed E-state index contributed by atoms with van der Waals surface area (Å²) in [5.74, 6) is 2.04. The third kappa shape index (κ3) is 3.92. The van der Waals surface area contributed by atoms with Crippen LogP contribution in [0.2, 0.25) is 0 Å². The summed E-state index contributed by atoms with van der Waals surface area (Å²) in [4.78, 5) is 18.7. The molecule has 0 atom stereocenters. The van der Waals surface area contributed by atoms with Gasteiger partial charge in [-0.05, 0) is 18.2 Å². The highest BCUT2D eigenvalue weighted by Crippen LogP contribution is 2.29. The Bertz CT molecular complexity index is 709. The average Bonchev–Trinajstić information content (AvgIpc) is 2.61. The molecule has 3 heterocycles. The van der Waals surface area contributed by atoms with Crippen LogP contribution in [0.4, 0.5) is 30.8 Å². The van der Waals surface area contributed by atoms with Crippen LogP contribution in [0.3, 0.4) is 0 Å². The molecule has 0 aliphatic carbocycles. The minimum atomic E-state index is -4.36. The van der Waals surface area contributed by atoms with E-state index in [1.54, 1.807) is 6.20 Å². The number of rotatable bonds is 3. The van der Waals surface area contributed by atoms with E-state index in [9.17, 15) is 13.2 Å². The van der Waals surface area contributed by atoms with E-state index in [0.717, 1.165) is 18.1 Å². The number of hydrogen-bond donors (Lipinski definition) is 0. The maximum absolute atomic E-state index is 12.6. The molecular weight excluding hydrogens is 333 g/mol. The topological polar surface area (TPSA) is 48.4 Å². The largest absolute Gasteiger partial charge is 0.417 e. The van der Waals surface area contributed by atoms with E-state index in [-0.39, 0.29) is 0 Å². The predicted molar refractivity (Wildman–Crippen MR) is 90.0 cm³/mol. The van der Waals surface area contributed by atoms with Crippen molar-refractivity contribution >= 4 is 17.6 Å². The van der Waals surface area contributed by atoms with Crippen molar-refractivity contribution in [3.8, 4) is 0 Å². The Morgan fingerprint density at radius 3 is 2.20 bits per heavy atom. The van der Waals surface area contributed by atoms with Crippen LogP contribution in [0.15, 0.2) is 30.6 Å². The number of piperazine rings is 1. The van der Waals surface area contributed by atoms with Gasteiger partial charge < -0.3 is 14.7 Å². The first-order valence-corrected chi connectivity index (χ1v) is 7.88. The zero-order valence-corrected chi connectivity index (χ0v) is 14.0. The lowest BCUT2D eigenvalue weighted by atomic mass is 10.2. The van der Waals surface area contributed by atoms with Crippen LogP contribution in [0.1, 0.15) is 5.56 Å². The summed E-state index contributed by atoms with van der Waals surface area (Å²) in [5.41, 5.74) is -0.733. The van der Waals surface area contributed by atoms with E-state index < -0.39 is 11.7 Å². The molecular formula is C16H19F3N6. The Morgan fingerprint density at radius 1 is 0.960 bits per heavy atom. The van der Waals surface area contributed by atoms with E-state index in [1.807, 2.05) is 30.0 Å². The van der Waals surface area contributed by atoms with Crippen LogP contribution in [-0.4, -0.2) is 55.2 Å². The Labute approximate surface area is 143 Å². The predicted octanol–water partition coefficient (Wildman–Crippen LogP) is 2.28. The molecule has 1 saturated heterocycles. The summed E-state index contributed by atoms with van der Waals surface area (Å²) in [7, 11) is 3.83. The molecule has 0 spiro atoms. The molecule has 0 amide bonds. The van der Waals surface area contributed by atoms with Gasteiger partial charge in [0.2, 0.25) is 5.95 Å². The number of anilines is 3. The molecule has 2 aromatic rings. The molecule has 2 aromatic heterocycles. The lowest BCUT2D eigenvalue weighted by molar-refractivity contribution is -0.137. The number of alkyl halides is 3. The minimum Gasteiger partial charge on any atom is -0.363 e. The normalized spacial score (nSPS) is 15.4. The fourth-order valence-electron chi connectivity index (χ4n) is 2.62. The molecule has 3 rings (SSSR count). The van der Waals surface area contributed by atoms with Crippen molar-refractivity contribution < 1.29 is 13.2 Å². The van der Waals surface area contributed by atoms with Crippen LogP contribution in [0, 0.1) is 0 Å². The summed E-state index contributed by atoms with van der Waals surface area (Å²) in [5, 5.41) is 0. The molecule has 6 nitrogen and oxygen atoms in total. The zero-order chi connectivity index (χ0) is 18.0. The van der Waals surface area contributed by atoms with E-state index in [2.05, 4.69) is 19.9 Å². The number of pyridine rings is 1. The molecule has 0 aromatic carbocycles. The first kappa shape index (κ1) is 17.2. The molecule has 1 aliphatic rings. The molecule has 134 valence electrons. The van der Waals surface area contributed by atoms with Crippen molar-refractivity contribution in [2.75, 3.05) is 55.0 Å². The molecule has 0 saturated carbocycles. The van der Waals surface area contributed by atoms with Crippen molar-refractivity contribution in [3.63, 3.8) is 0 Å². The lowest BCUT2D eigenvalue weighted by Crippen LogP contribution is -2.47. The Kier molecular flexibility index (Phi) is 4.65. The quantitative estimate of drug-likeness (QED) is 0.845. The van der Waals surface area contributed by atoms with E-state index >= 15 is 0 Å². The van der Waals surface area contributed by atoms with Gasteiger partial charge in [-0.1, -0.05) is 0 Å². The second-order valence-corrected chi connectivity index (χ2v) is 5.99.